The molecule has 0 spiro atoms. The van der Waals surface area contributed by atoms with Gasteiger partial charge in [0.05, 0.1) is 19.4 Å². The lowest BCUT2D eigenvalue weighted by molar-refractivity contribution is 0.198. The van der Waals surface area contributed by atoms with Crippen LogP contribution in [0.1, 0.15) is 149 Å². The number of nitrogens with two attached hydrogens (primary N) is 1. The zero-order chi connectivity index (χ0) is 34.9. The first-order chi connectivity index (χ1) is 23.7. The zero-order valence-corrected chi connectivity index (χ0v) is 32.1. The minimum absolute atomic E-state index is 0.401. The molecule has 2 N–H and O–H groups in total. The Kier molecular flexibility index (Phi) is 37.8. The third kappa shape index (κ3) is 36.9. The van der Waals surface area contributed by atoms with Gasteiger partial charge in [-0.3, -0.25) is 4.57 Å². The van der Waals surface area contributed by atoms with E-state index in [4.69, 9.17) is 14.8 Å². The molecule has 0 saturated heterocycles. The molecule has 0 rings (SSSR count). The third-order valence-corrected chi connectivity index (χ3v) is 9.67. The van der Waals surface area contributed by atoms with Crippen LogP contribution in [0, 0.1) is 0 Å². The van der Waals surface area contributed by atoms with Crippen LogP contribution in [0.5, 0.6) is 0 Å². The van der Waals surface area contributed by atoms with Gasteiger partial charge in [0.15, 0.2) is 0 Å². The first-order valence-electron chi connectivity index (χ1n) is 19.5. The van der Waals surface area contributed by atoms with Gasteiger partial charge in [-0.15, -0.1) is 0 Å². The normalized spacial score (nSPS) is 13.3. The summed E-state index contributed by atoms with van der Waals surface area (Å²) in [5.41, 5.74) is 5.67. The number of rotatable bonds is 35. The van der Waals surface area contributed by atoms with Crippen LogP contribution in [0.4, 0.5) is 0 Å². The molecule has 0 fully saturated rings. The molecule has 0 aromatic carbocycles. The van der Waals surface area contributed by atoms with Gasteiger partial charge in [-0.2, -0.15) is 0 Å². The van der Waals surface area contributed by atoms with Crippen LogP contribution < -0.4 is 5.73 Å². The van der Waals surface area contributed by atoms with Crippen molar-refractivity contribution in [2.75, 3.05) is 25.9 Å². The van der Waals surface area contributed by atoms with Gasteiger partial charge in [0.1, 0.15) is 0 Å². The highest BCUT2D eigenvalue weighted by Gasteiger charge is 2.23. The van der Waals surface area contributed by atoms with Crippen LogP contribution in [0.25, 0.3) is 0 Å². The first kappa shape index (κ1) is 46.0. The van der Waals surface area contributed by atoms with Crippen LogP contribution in [-0.2, 0) is 13.6 Å². The van der Waals surface area contributed by atoms with Crippen molar-refractivity contribution in [3.8, 4) is 0 Å². The van der Waals surface area contributed by atoms with Crippen LogP contribution in [0.2, 0.25) is 0 Å². The maximum Gasteiger partial charge on any atom is 0.330 e. The summed E-state index contributed by atoms with van der Waals surface area (Å²) < 4.78 is 24.8. The maximum atomic E-state index is 13.2. The van der Waals surface area contributed by atoms with Crippen LogP contribution in [0.15, 0.2) is 97.2 Å². The van der Waals surface area contributed by atoms with Gasteiger partial charge in [-0.25, -0.2) is 0 Å². The van der Waals surface area contributed by atoms with Crippen molar-refractivity contribution in [1.82, 2.24) is 0 Å². The fourth-order valence-electron chi connectivity index (χ4n) is 4.71. The van der Waals surface area contributed by atoms with E-state index in [9.17, 15) is 4.57 Å². The van der Waals surface area contributed by atoms with Gasteiger partial charge >= 0.3 is 7.60 Å². The Morgan fingerprint density at radius 2 is 0.708 bits per heavy atom. The van der Waals surface area contributed by atoms with E-state index >= 15 is 0 Å². The van der Waals surface area contributed by atoms with Gasteiger partial charge in [0, 0.05) is 0 Å². The number of unbranched alkanes of at least 4 members (excludes halogenated alkanes) is 10. The molecule has 0 aliphatic heterocycles. The van der Waals surface area contributed by atoms with Crippen molar-refractivity contribution in [1.29, 1.82) is 0 Å². The van der Waals surface area contributed by atoms with Crippen molar-refractivity contribution in [3.05, 3.63) is 97.2 Å². The molecule has 0 aromatic heterocycles. The molecule has 4 nitrogen and oxygen atoms in total. The molecule has 0 amide bonds. The largest absolute Gasteiger partial charge is 0.330 e. The van der Waals surface area contributed by atoms with Crippen molar-refractivity contribution < 1.29 is 13.6 Å². The summed E-state index contributed by atoms with van der Waals surface area (Å²) in [6.45, 7) is 5.92. The van der Waals surface area contributed by atoms with E-state index in [2.05, 4.69) is 111 Å². The SMILES string of the molecule is CCCCC/C=C/C/C=C/C/C=C/C/C=C/CCCCOP(=O)(CCCN)OCCCC/C=C/C/C=C/C/C=C/C/C=C/CCCCC. The highest BCUT2D eigenvalue weighted by atomic mass is 31.2. The molecular weight excluding hydrogens is 609 g/mol. The molecule has 0 bridgehead atoms. The summed E-state index contributed by atoms with van der Waals surface area (Å²) in [5.74, 6) is 0. The van der Waals surface area contributed by atoms with E-state index in [0.29, 0.717) is 32.3 Å². The van der Waals surface area contributed by atoms with Crippen molar-refractivity contribution in [3.63, 3.8) is 0 Å². The lowest BCUT2D eigenvalue weighted by Crippen LogP contribution is -2.07. The monoisotopic (exact) mass is 684 g/mol. The molecule has 0 atom stereocenters. The summed E-state index contributed by atoms with van der Waals surface area (Å²) in [4.78, 5) is 0. The summed E-state index contributed by atoms with van der Waals surface area (Å²) in [6, 6.07) is 0. The summed E-state index contributed by atoms with van der Waals surface area (Å²) in [6.07, 6.45) is 59.0. The average molecular weight is 684 g/mol. The lowest BCUT2D eigenvalue weighted by Gasteiger charge is -2.18. The number of hydrogen-bond donors (Lipinski definition) is 1. The molecule has 48 heavy (non-hydrogen) atoms. The second-order valence-corrected chi connectivity index (χ2v) is 14.5. The van der Waals surface area contributed by atoms with Gasteiger partial charge < -0.3 is 14.8 Å². The second kappa shape index (κ2) is 39.5. The van der Waals surface area contributed by atoms with Gasteiger partial charge in [0.2, 0.25) is 0 Å². The molecule has 5 heteroatoms. The predicted octanol–water partition coefficient (Wildman–Crippen LogP) is 13.9. The Bertz CT molecular complexity index is 887. The third-order valence-electron chi connectivity index (χ3n) is 7.66. The Morgan fingerprint density at radius 3 is 1.00 bits per heavy atom. The molecule has 0 unspecified atom stereocenters. The fraction of sp³-hybridized carbons (Fsp3) is 0.628. The summed E-state index contributed by atoms with van der Waals surface area (Å²) in [5, 5.41) is 0. The molecule has 0 aliphatic carbocycles. The average Bonchev–Trinajstić information content (AvgIpc) is 3.09. The predicted molar refractivity (Wildman–Crippen MR) is 215 cm³/mol. The molecule has 274 valence electrons. The summed E-state index contributed by atoms with van der Waals surface area (Å²) in [7, 11) is -3.07. The standard InChI is InChI=1S/C43H74NO3P/c1-3-5-7-9-11-13-15-17-19-21-23-25-27-29-31-33-35-37-41-46-48(45,43-39-40-44)47-42-38-36-34-32-30-28-26-24-22-20-18-16-14-12-10-8-6-4-2/h11-14,17-20,23-26,29-32H,3-10,15-16,21-22,27-28,33-44H2,1-2H3/b13-11+,14-12+,19-17+,20-18+,25-23+,26-24+,31-29+,32-30+. The van der Waals surface area contributed by atoms with E-state index in [0.717, 1.165) is 77.0 Å². The highest BCUT2D eigenvalue weighted by molar-refractivity contribution is 7.53. The van der Waals surface area contributed by atoms with E-state index in [1.807, 2.05) is 0 Å². The zero-order valence-electron chi connectivity index (χ0n) is 31.2. The Balaban J connectivity index is 3.90. The molecule has 0 aliphatic rings. The minimum Gasteiger partial charge on any atom is -0.330 e. The Labute approximate surface area is 298 Å². The topological polar surface area (TPSA) is 61.5 Å². The van der Waals surface area contributed by atoms with Crippen molar-refractivity contribution >= 4 is 7.60 Å². The van der Waals surface area contributed by atoms with Gasteiger partial charge in [0.25, 0.3) is 0 Å². The van der Waals surface area contributed by atoms with Gasteiger partial charge in [-0.05, 0) is 116 Å². The quantitative estimate of drug-likeness (QED) is 0.0410. The second-order valence-electron chi connectivity index (χ2n) is 12.3. The first-order valence-corrected chi connectivity index (χ1v) is 21.2. The number of allylic oxidation sites excluding steroid dienone is 16. The van der Waals surface area contributed by atoms with Crippen molar-refractivity contribution in [2.45, 2.75) is 149 Å². The Hall–Kier alpha value is -1.97. The Morgan fingerprint density at radius 1 is 0.417 bits per heavy atom. The molecule has 0 heterocycles. The lowest BCUT2D eigenvalue weighted by atomic mass is 10.2. The fourth-order valence-corrected chi connectivity index (χ4v) is 6.43. The highest BCUT2D eigenvalue weighted by Crippen LogP contribution is 2.49. The summed E-state index contributed by atoms with van der Waals surface area (Å²) >= 11 is 0. The molecule has 0 radical (unpaired) electrons. The smallest absolute Gasteiger partial charge is 0.330 e. The number of hydrogen-bond acceptors (Lipinski definition) is 4. The molecular formula is C43H74NO3P. The van der Waals surface area contributed by atoms with Crippen LogP contribution >= 0.6 is 7.60 Å². The van der Waals surface area contributed by atoms with Gasteiger partial charge in [-0.1, -0.05) is 137 Å². The molecule has 0 aromatic rings. The van der Waals surface area contributed by atoms with E-state index < -0.39 is 7.60 Å². The van der Waals surface area contributed by atoms with E-state index in [-0.39, 0.29) is 0 Å². The van der Waals surface area contributed by atoms with Crippen LogP contribution in [-0.4, -0.2) is 25.9 Å². The van der Waals surface area contributed by atoms with Crippen molar-refractivity contribution in [2.24, 2.45) is 5.73 Å². The molecule has 0 saturated carbocycles. The maximum absolute atomic E-state index is 13.2. The van der Waals surface area contributed by atoms with E-state index in [1.165, 1.54) is 51.4 Å². The minimum atomic E-state index is -3.07. The van der Waals surface area contributed by atoms with Crippen LogP contribution in [0.3, 0.4) is 0 Å². The van der Waals surface area contributed by atoms with E-state index in [1.54, 1.807) is 0 Å².